The van der Waals surface area contributed by atoms with Crippen LogP contribution in [0.2, 0.25) is 0 Å². The smallest absolute Gasteiger partial charge is 0.168 e. The number of aliphatic imine (C=N–C) groups is 1. The van der Waals surface area contributed by atoms with Gasteiger partial charge in [0.15, 0.2) is 6.29 Å². The van der Waals surface area contributed by atoms with Gasteiger partial charge in [-0.1, -0.05) is 6.92 Å². The van der Waals surface area contributed by atoms with Gasteiger partial charge < -0.3 is 5.73 Å². The summed E-state index contributed by atoms with van der Waals surface area (Å²) in [4.78, 5) is 14.0. The van der Waals surface area contributed by atoms with Crippen LogP contribution < -0.4 is 5.73 Å². The standard InChI is InChI=1S/C7H12N2O/c1-3-6(4-8)7(5-10)9-2/h4-5H,3,8H2,1-2H3/b6-4-,9-7?. The Morgan fingerprint density at radius 1 is 1.70 bits per heavy atom. The van der Waals surface area contributed by atoms with Crippen molar-refractivity contribution in [1.82, 2.24) is 0 Å². The van der Waals surface area contributed by atoms with Crippen LogP contribution in [-0.4, -0.2) is 19.0 Å². The molecule has 0 saturated heterocycles. The maximum atomic E-state index is 10.3. The first-order chi connectivity index (χ1) is 4.79. The first-order valence-corrected chi connectivity index (χ1v) is 3.13. The fourth-order valence-corrected chi connectivity index (χ4v) is 0.656. The third kappa shape index (κ3) is 2.01. The lowest BCUT2D eigenvalue weighted by atomic mass is 10.1. The number of rotatable bonds is 3. The Kier molecular flexibility index (Phi) is 4.20. The van der Waals surface area contributed by atoms with E-state index in [0.29, 0.717) is 12.0 Å². The van der Waals surface area contributed by atoms with E-state index in [1.165, 1.54) is 6.20 Å². The number of nitrogens with two attached hydrogens (primary N) is 1. The molecule has 0 rings (SSSR count). The number of carbonyl (C=O) groups excluding carboxylic acids is 1. The molecule has 0 unspecified atom stereocenters. The van der Waals surface area contributed by atoms with Crippen LogP contribution in [0.4, 0.5) is 0 Å². The minimum Gasteiger partial charge on any atom is -0.404 e. The SMILES string of the molecule is CC/C(=C/N)C(C=O)=NC. The van der Waals surface area contributed by atoms with Gasteiger partial charge in [-0.15, -0.1) is 0 Å². The number of aldehydes is 1. The molecular formula is C7H12N2O. The predicted octanol–water partition coefficient (Wildman–Crippen LogP) is 0.509. The highest BCUT2D eigenvalue weighted by atomic mass is 16.1. The van der Waals surface area contributed by atoms with Crippen molar-refractivity contribution in [3.05, 3.63) is 11.8 Å². The minimum absolute atomic E-state index is 0.435. The molecule has 0 radical (unpaired) electrons. The molecule has 0 aliphatic carbocycles. The molecule has 0 heterocycles. The van der Waals surface area contributed by atoms with Crippen LogP contribution in [0.1, 0.15) is 13.3 Å². The van der Waals surface area contributed by atoms with Crippen molar-refractivity contribution >= 4 is 12.0 Å². The van der Waals surface area contributed by atoms with Crippen LogP contribution in [0, 0.1) is 0 Å². The zero-order valence-corrected chi connectivity index (χ0v) is 6.29. The summed E-state index contributed by atoms with van der Waals surface area (Å²) >= 11 is 0. The molecule has 56 valence electrons. The molecule has 0 aromatic rings. The number of hydrogen-bond donors (Lipinski definition) is 1. The van der Waals surface area contributed by atoms with Gasteiger partial charge in [0.2, 0.25) is 0 Å². The van der Waals surface area contributed by atoms with E-state index in [2.05, 4.69) is 4.99 Å². The zero-order chi connectivity index (χ0) is 7.98. The summed E-state index contributed by atoms with van der Waals surface area (Å²) in [5, 5.41) is 0. The van der Waals surface area contributed by atoms with Gasteiger partial charge in [-0.2, -0.15) is 0 Å². The molecule has 0 aliphatic rings. The Morgan fingerprint density at radius 3 is 2.40 bits per heavy atom. The van der Waals surface area contributed by atoms with Crippen molar-refractivity contribution < 1.29 is 4.79 Å². The lowest BCUT2D eigenvalue weighted by Crippen LogP contribution is -2.05. The first kappa shape index (κ1) is 8.88. The van der Waals surface area contributed by atoms with Crippen molar-refractivity contribution in [1.29, 1.82) is 0 Å². The van der Waals surface area contributed by atoms with Crippen LogP contribution in [0.15, 0.2) is 16.8 Å². The van der Waals surface area contributed by atoms with E-state index in [4.69, 9.17) is 5.73 Å². The Bertz CT molecular complexity index is 170. The quantitative estimate of drug-likeness (QED) is 0.458. The summed E-state index contributed by atoms with van der Waals surface area (Å²) in [6.07, 6.45) is 2.86. The maximum absolute atomic E-state index is 10.3. The average Bonchev–Trinajstić information content (AvgIpc) is 2.00. The zero-order valence-electron chi connectivity index (χ0n) is 6.29. The number of carbonyl (C=O) groups is 1. The molecule has 0 aromatic carbocycles. The minimum atomic E-state index is 0.435. The number of hydrogen-bond acceptors (Lipinski definition) is 3. The normalized spacial score (nSPS) is 13.4. The van der Waals surface area contributed by atoms with Gasteiger partial charge in [0.1, 0.15) is 5.71 Å². The molecule has 0 amide bonds. The van der Waals surface area contributed by atoms with Crippen LogP contribution >= 0.6 is 0 Å². The van der Waals surface area contributed by atoms with E-state index in [0.717, 1.165) is 12.0 Å². The first-order valence-electron chi connectivity index (χ1n) is 3.13. The van der Waals surface area contributed by atoms with E-state index in [-0.39, 0.29) is 0 Å². The van der Waals surface area contributed by atoms with Gasteiger partial charge in [-0.05, 0) is 18.2 Å². The molecule has 3 heteroatoms. The molecule has 0 fully saturated rings. The molecule has 0 aliphatic heterocycles. The molecule has 0 atom stereocenters. The molecule has 10 heavy (non-hydrogen) atoms. The second-order valence-electron chi connectivity index (χ2n) is 1.77. The Morgan fingerprint density at radius 2 is 2.30 bits per heavy atom. The van der Waals surface area contributed by atoms with E-state index in [1.807, 2.05) is 6.92 Å². The largest absolute Gasteiger partial charge is 0.404 e. The van der Waals surface area contributed by atoms with Crippen LogP contribution in [-0.2, 0) is 4.79 Å². The van der Waals surface area contributed by atoms with Gasteiger partial charge in [-0.25, -0.2) is 0 Å². The summed E-state index contributed by atoms with van der Waals surface area (Å²) in [6, 6.07) is 0. The van der Waals surface area contributed by atoms with E-state index in [1.54, 1.807) is 7.05 Å². The summed E-state index contributed by atoms with van der Waals surface area (Å²) in [5.74, 6) is 0. The third-order valence-electron chi connectivity index (χ3n) is 1.26. The fraction of sp³-hybridized carbons (Fsp3) is 0.429. The predicted molar refractivity (Wildman–Crippen MR) is 42.0 cm³/mol. The number of allylic oxidation sites excluding steroid dienone is 1. The van der Waals surface area contributed by atoms with Gasteiger partial charge in [0.25, 0.3) is 0 Å². The Balaban J connectivity index is 4.42. The van der Waals surface area contributed by atoms with Crippen molar-refractivity contribution in [3.8, 4) is 0 Å². The molecule has 0 spiro atoms. The van der Waals surface area contributed by atoms with E-state index >= 15 is 0 Å². The lowest BCUT2D eigenvalue weighted by molar-refractivity contribution is -0.102. The van der Waals surface area contributed by atoms with Gasteiger partial charge >= 0.3 is 0 Å². The lowest BCUT2D eigenvalue weighted by Gasteiger charge is -1.97. The van der Waals surface area contributed by atoms with Crippen molar-refractivity contribution in [3.63, 3.8) is 0 Å². The summed E-state index contributed by atoms with van der Waals surface area (Å²) < 4.78 is 0. The fourth-order valence-electron chi connectivity index (χ4n) is 0.656. The average molecular weight is 140 g/mol. The molecule has 0 aromatic heterocycles. The highest BCUT2D eigenvalue weighted by molar-refractivity contribution is 6.36. The second-order valence-corrected chi connectivity index (χ2v) is 1.77. The van der Waals surface area contributed by atoms with Crippen molar-refractivity contribution in [2.45, 2.75) is 13.3 Å². The highest BCUT2D eigenvalue weighted by Gasteiger charge is 1.99. The number of nitrogens with zero attached hydrogens (tertiary/aromatic N) is 1. The molecule has 3 nitrogen and oxygen atoms in total. The second kappa shape index (κ2) is 4.73. The van der Waals surface area contributed by atoms with Crippen molar-refractivity contribution in [2.24, 2.45) is 10.7 Å². The maximum Gasteiger partial charge on any atom is 0.168 e. The van der Waals surface area contributed by atoms with E-state index < -0.39 is 0 Å². The van der Waals surface area contributed by atoms with Gasteiger partial charge in [0, 0.05) is 7.05 Å². The molecule has 0 saturated carbocycles. The summed E-state index contributed by atoms with van der Waals surface area (Å²) in [5.41, 5.74) is 6.46. The summed E-state index contributed by atoms with van der Waals surface area (Å²) in [7, 11) is 1.57. The molecule has 0 bridgehead atoms. The van der Waals surface area contributed by atoms with Gasteiger partial charge in [0.05, 0.1) is 0 Å². The highest BCUT2D eigenvalue weighted by Crippen LogP contribution is 1.99. The third-order valence-corrected chi connectivity index (χ3v) is 1.26. The van der Waals surface area contributed by atoms with Crippen molar-refractivity contribution in [2.75, 3.05) is 7.05 Å². The topological polar surface area (TPSA) is 55.5 Å². The van der Waals surface area contributed by atoms with Gasteiger partial charge in [-0.3, -0.25) is 9.79 Å². The monoisotopic (exact) mass is 140 g/mol. The molecule has 2 N–H and O–H groups in total. The van der Waals surface area contributed by atoms with E-state index in [9.17, 15) is 4.79 Å². The van der Waals surface area contributed by atoms with Crippen LogP contribution in [0.5, 0.6) is 0 Å². The Labute approximate surface area is 60.6 Å². The van der Waals surface area contributed by atoms with Crippen LogP contribution in [0.25, 0.3) is 0 Å². The molecular weight excluding hydrogens is 128 g/mol. The Hall–Kier alpha value is -1.12. The van der Waals surface area contributed by atoms with Crippen LogP contribution in [0.3, 0.4) is 0 Å². The summed E-state index contributed by atoms with van der Waals surface area (Å²) in [6.45, 7) is 1.92.